The minimum absolute atomic E-state index is 0.0658. The van der Waals surface area contributed by atoms with Gasteiger partial charge in [-0.2, -0.15) is 0 Å². The Morgan fingerprint density at radius 1 is 1.32 bits per heavy atom. The molecule has 1 atom stereocenters. The van der Waals surface area contributed by atoms with E-state index in [0.717, 1.165) is 18.6 Å². The van der Waals surface area contributed by atoms with Crippen LogP contribution in [0.25, 0.3) is 0 Å². The van der Waals surface area contributed by atoms with Crippen molar-refractivity contribution >= 4 is 5.91 Å². The van der Waals surface area contributed by atoms with E-state index in [1.807, 2.05) is 43.1 Å². The lowest BCUT2D eigenvalue weighted by Crippen LogP contribution is -2.54. The zero-order valence-corrected chi connectivity index (χ0v) is 15.1. The van der Waals surface area contributed by atoms with Gasteiger partial charge in [-0.15, -0.1) is 0 Å². The lowest BCUT2D eigenvalue weighted by Gasteiger charge is -2.41. The van der Waals surface area contributed by atoms with Crippen molar-refractivity contribution in [2.45, 2.75) is 25.4 Å². The Hall–Kier alpha value is -2.34. The zero-order chi connectivity index (χ0) is 17.9. The molecule has 6 nitrogen and oxygen atoms in total. The fourth-order valence-corrected chi connectivity index (χ4v) is 3.18. The molecule has 0 N–H and O–H groups in total. The Balaban J connectivity index is 1.69. The van der Waals surface area contributed by atoms with Gasteiger partial charge in [0.2, 0.25) is 0 Å². The first kappa shape index (κ1) is 17.5. The summed E-state index contributed by atoms with van der Waals surface area (Å²) in [4.78, 5) is 18.7. The normalized spacial score (nSPS) is 20.5. The highest BCUT2D eigenvalue weighted by molar-refractivity contribution is 5.91. The number of carbonyl (C=O) groups excluding carboxylic acids is 1. The number of amides is 1. The molecule has 2 heterocycles. The first-order valence-corrected chi connectivity index (χ1v) is 8.54. The second kappa shape index (κ2) is 7.27. The molecule has 0 bridgehead atoms. The molecule has 0 spiro atoms. The number of aromatic nitrogens is 2. The third-order valence-corrected chi connectivity index (χ3v) is 4.80. The Morgan fingerprint density at radius 2 is 2.08 bits per heavy atom. The van der Waals surface area contributed by atoms with E-state index in [-0.39, 0.29) is 5.91 Å². The third kappa shape index (κ3) is 3.85. The minimum atomic E-state index is -0.496. The van der Waals surface area contributed by atoms with Crippen molar-refractivity contribution in [3.8, 4) is 5.75 Å². The predicted octanol–water partition coefficient (Wildman–Crippen LogP) is 2.43. The van der Waals surface area contributed by atoms with Gasteiger partial charge in [0, 0.05) is 33.1 Å². The van der Waals surface area contributed by atoms with Gasteiger partial charge in [-0.3, -0.25) is 4.79 Å². The van der Waals surface area contributed by atoms with Crippen molar-refractivity contribution in [2.75, 3.05) is 26.8 Å². The number of imidazole rings is 1. The van der Waals surface area contributed by atoms with Crippen LogP contribution in [0.5, 0.6) is 5.75 Å². The molecule has 1 aromatic heterocycles. The zero-order valence-electron chi connectivity index (χ0n) is 15.1. The molecule has 0 unspecified atom stereocenters. The van der Waals surface area contributed by atoms with Crippen LogP contribution in [0.15, 0.2) is 36.7 Å². The number of carbonyl (C=O) groups is 1. The number of benzene rings is 1. The van der Waals surface area contributed by atoms with Crippen molar-refractivity contribution < 1.29 is 14.3 Å². The van der Waals surface area contributed by atoms with Crippen molar-refractivity contribution in [3.05, 3.63) is 48.0 Å². The molecule has 0 saturated carbocycles. The lowest BCUT2D eigenvalue weighted by atomic mass is 9.93. The van der Waals surface area contributed by atoms with Crippen LogP contribution >= 0.6 is 0 Å². The second-order valence-electron chi connectivity index (χ2n) is 6.68. The Kier molecular flexibility index (Phi) is 5.08. The van der Waals surface area contributed by atoms with Crippen LogP contribution in [0.4, 0.5) is 0 Å². The Bertz CT molecular complexity index is 726. The summed E-state index contributed by atoms with van der Waals surface area (Å²) in [6.07, 6.45) is 5.16. The summed E-state index contributed by atoms with van der Waals surface area (Å²) in [5.41, 5.74) is 0.697. The van der Waals surface area contributed by atoms with Crippen LogP contribution in [0, 0.1) is 6.92 Å². The maximum atomic E-state index is 12.7. The Morgan fingerprint density at radius 3 is 2.72 bits per heavy atom. The molecule has 3 rings (SSSR count). The Labute approximate surface area is 148 Å². The van der Waals surface area contributed by atoms with Gasteiger partial charge in [-0.1, -0.05) is 17.7 Å². The van der Waals surface area contributed by atoms with Gasteiger partial charge in [0.25, 0.3) is 5.91 Å². The highest BCUT2D eigenvalue weighted by Gasteiger charge is 2.39. The first-order valence-electron chi connectivity index (χ1n) is 8.54. The quantitative estimate of drug-likeness (QED) is 0.837. The summed E-state index contributed by atoms with van der Waals surface area (Å²) in [5.74, 6) is 1.20. The van der Waals surface area contributed by atoms with Gasteiger partial charge < -0.3 is 18.9 Å². The smallest absolute Gasteiger partial charge is 0.289 e. The van der Waals surface area contributed by atoms with Crippen molar-refractivity contribution in [2.24, 2.45) is 7.05 Å². The molecule has 25 heavy (non-hydrogen) atoms. The second-order valence-corrected chi connectivity index (χ2v) is 6.68. The monoisotopic (exact) mass is 343 g/mol. The molecule has 0 radical (unpaired) electrons. The standard InChI is InChI=1S/C19H25N3O3/c1-15-5-7-16(8-6-15)25-14-19(24-3)9-4-11-22(13-19)18(23)17-20-10-12-21(17)2/h5-8,10,12H,4,9,11,13-14H2,1-3H3/t19-/m0/s1. The van der Waals surface area contributed by atoms with Crippen LogP contribution in [0.1, 0.15) is 29.0 Å². The SMILES string of the molecule is CO[C@@]1(COc2ccc(C)cc2)CCCN(C(=O)c2nccn2C)C1. The van der Waals surface area contributed by atoms with E-state index in [1.165, 1.54) is 5.56 Å². The molecule has 1 saturated heterocycles. The first-order chi connectivity index (χ1) is 12.0. The molecule has 1 fully saturated rings. The number of rotatable bonds is 5. The van der Waals surface area contributed by atoms with Crippen LogP contribution in [-0.2, 0) is 11.8 Å². The van der Waals surface area contributed by atoms with Crippen molar-refractivity contribution in [1.82, 2.24) is 14.5 Å². The number of piperidine rings is 1. The maximum absolute atomic E-state index is 12.7. The number of ether oxygens (including phenoxy) is 2. The van der Waals surface area contributed by atoms with Crippen molar-refractivity contribution in [1.29, 1.82) is 0 Å². The number of likely N-dealkylation sites (tertiary alicyclic amines) is 1. The van der Waals surface area contributed by atoms with Crippen LogP contribution < -0.4 is 4.74 Å². The van der Waals surface area contributed by atoms with Gasteiger partial charge in [0.05, 0.1) is 6.54 Å². The van der Waals surface area contributed by atoms with Gasteiger partial charge in [-0.05, 0) is 31.9 Å². The fraction of sp³-hybridized carbons (Fsp3) is 0.474. The van der Waals surface area contributed by atoms with Crippen LogP contribution in [-0.4, -0.2) is 52.8 Å². The van der Waals surface area contributed by atoms with E-state index < -0.39 is 5.60 Å². The lowest BCUT2D eigenvalue weighted by molar-refractivity contribution is -0.0826. The van der Waals surface area contributed by atoms with Crippen molar-refractivity contribution in [3.63, 3.8) is 0 Å². The van der Waals surface area contributed by atoms with E-state index in [9.17, 15) is 4.79 Å². The summed E-state index contributed by atoms with van der Waals surface area (Å²) >= 11 is 0. The van der Waals surface area contributed by atoms with Gasteiger partial charge in [-0.25, -0.2) is 4.98 Å². The summed E-state index contributed by atoms with van der Waals surface area (Å²) in [6, 6.07) is 7.95. The molecule has 2 aromatic rings. The summed E-state index contributed by atoms with van der Waals surface area (Å²) in [6.45, 7) is 3.67. The molecule has 1 aliphatic rings. The van der Waals surface area contributed by atoms with E-state index in [4.69, 9.17) is 9.47 Å². The average Bonchev–Trinajstić information content (AvgIpc) is 3.07. The maximum Gasteiger partial charge on any atom is 0.289 e. The van der Waals surface area contributed by atoms with E-state index in [0.29, 0.717) is 25.5 Å². The fourth-order valence-electron chi connectivity index (χ4n) is 3.18. The predicted molar refractivity (Wildman–Crippen MR) is 94.8 cm³/mol. The number of nitrogens with zero attached hydrogens (tertiary/aromatic N) is 3. The van der Waals surface area contributed by atoms with E-state index in [1.54, 1.807) is 24.1 Å². The minimum Gasteiger partial charge on any atom is -0.491 e. The number of aryl methyl sites for hydroxylation is 2. The van der Waals surface area contributed by atoms with E-state index in [2.05, 4.69) is 4.98 Å². The topological polar surface area (TPSA) is 56.6 Å². The average molecular weight is 343 g/mol. The molecule has 0 aliphatic carbocycles. The van der Waals surface area contributed by atoms with E-state index >= 15 is 0 Å². The molecule has 1 aromatic carbocycles. The molecular weight excluding hydrogens is 318 g/mol. The number of hydrogen-bond donors (Lipinski definition) is 0. The van der Waals surface area contributed by atoms with Gasteiger partial charge in [0.1, 0.15) is 18.0 Å². The number of hydrogen-bond acceptors (Lipinski definition) is 4. The van der Waals surface area contributed by atoms with Gasteiger partial charge >= 0.3 is 0 Å². The highest BCUT2D eigenvalue weighted by atomic mass is 16.5. The molecule has 1 aliphatic heterocycles. The molecule has 1 amide bonds. The van der Waals surface area contributed by atoms with Gasteiger partial charge in [0.15, 0.2) is 5.82 Å². The third-order valence-electron chi connectivity index (χ3n) is 4.80. The summed E-state index contributed by atoms with van der Waals surface area (Å²) < 4.78 is 13.5. The number of methoxy groups -OCH3 is 1. The highest BCUT2D eigenvalue weighted by Crippen LogP contribution is 2.27. The largest absolute Gasteiger partial charge is 0.491 e. The van der Waals surface area contributed by atoms with Crippen LogP contribution in [0.3, 0.4) is 0 Å². The summed E-state index contributed by atoms with van der Waals surface area (Å²) in [7, 11) is 3.52. The molecule has 6 heteroatoms. The molecular formula is C19H25N3O3. The van der Waals surface area contributed by atoms with Crippen LogP contribution in [0.2, 0.25) is 0 Å². The molecule has 134 valence electrons. The summed E-state index contributed by atoms with van der Waals surface area (Å²) in [5, 5.41) is 0.